The summed E-state index contributed by atoms with van der Waals surface area (Å²) in [7, 11) is 3.31. The van der Waals surface area contributed by atoms with Gasteiger partial charge in [-0.15, -0.1) is 6.58 Å². The van der Waals surface area contributed by atoms with Crippen LogP contribution in [0.25, 0.3) is 33.4 Å². The SMILES string of the molecule is C=CCOC(Cc1ccccc1)C1=CC(C)(C)Nc2ccc(-c3ccccc3OC)cc21.COc1ccccc1-c1ccc2c(c1)C(C=O)=CC(C)(C)N2C(=O)O. The van der Waals surface area contributed by atoms with Gasteiger partial charge in [0.25, 0.3) is 0 Å². The molecule has 57 heavy (non-hydrogen) atoms. The predicted molar refractivity (Wildman–Crippen MR) is 231 cm³/mol. The number of hydrogen-bond donors (Lipinski definition) is 2. The summed E-state index contributed by atoms with van der Waals surface area (Å²) in [6.07, 6.45) is 6.24. The number of carbonyl (C=O) groups is 2. The lowest BCUT2D eigenvalue weighted by Crippen LogP contribution is -2.48. The van der Waals surface area contributed by atoms with Crippen molar-refractivity contribution >= 4 is 34.9 Å². The van der Waals surface area contributed by atoms with Gasteiger partial charge in [0.2, 0.25) is 0 Å². The van der Waals surface area contributed by atoms with E-state index in [2.05, 4.69) is 80.4 Å². The highest BCUT2D eigenvalue weighted by atomic mass is 16.5. The zero-order valence-electron chi connectivity index (χ0n) is 33.4. The zero-order chi connectivity index (χ0) is 40.7. The standard InChI is InChI=1S/C29H31NO2.C20H19NO4/c1-5-17-32-28(18-21-11-7-6-8-12-21)25-20-29(2,3)30-26-16-15-22(19-24(25)26)23-13-9-10-14-27(23)31-4;1-20(2)11-14(12-22)16-10-13(8-9-17(16)21(20)19(23)24)15-6-4-5-7-18(15)25-3/h5-16,19-20,28,30H,1,17-18H2,2-4H3;4-12H,1-3H3,(H,23,24). The molecule has 2 N–H and O–H groups in total. The number of amides is 1. The van der Waals surface area contributed by atoms with Crippen LogP contribution in [0.3, 0.4) is 0 Å². The first kappa shape index (κ1) is 40.3. The number of carboxylic acid groups (broad SMARTS) is 1. The van der Waals surface area contributed by atoms with Gasteiger partial charge < -0.3 is 24.6 Å². The summed E-state index contributed by atoms with van der Waals surface area (Å²) in [6.45, 7) is 12.3. The largest absolute Gasteiger partial charge is 0.496 e. The van der Waals surface area contributed by atoms with Gasteiger partial charge >= 0.3 is 6.09 Å². The highest BCUT2D eigenvalue weighted by molar-refractivity contribution is 6.13. The van der Waals surface area contributed by atoms with Gasteiger partial charge in [-0.05, 0) is 92.4 Å². The molecule has 0 spiro atoms. The van der Waals surface area contributed by atoms with E-state index in [0.717, 1.165) is 52.0 Å². The minimum atomic E-state index is -1.06. The van der Waals surface area contributed by atoms with Crippen LogP contribution in [-0.4, -0.2) is 55.5 Å². The summed E-state index contributed by atoms with van der Waals surface area (Å²) >= 11 is 0. The third-order valence-electron chi connectivity index (χ3n) is 10.1. The number of hydrogen-bond acceptors (Lipinski definition) is 6. The zero-order valence-corrected chi connectivity index (χ0v) is 33.4. The van der Waals surface area contributed by atoms with Crippen LogP contribution < -0.4 is 19.7 Å². The molecule has 0 aliphatic carbocycles. The molecule has 8 nitrogen and oxygen atoms in total. The first-order valence-corrected chi connectivity index (χ1v) is 18.9. The number of nitrogens with one attached hydrogen (secondary N) is 1. The van der Waals surface area contributed by atoms with E-state index >= 15 is 0 Å². The first-order chi connectivity index (χ1) is 27.4. The van der Waals surface area contributed by atoms with Gasteiger partial charge in [0.15, 0.2) is 0 Å². The lowest BCUT2D eigenvalue weighted by molar-refractivity contribution is -0.103. The van der Waals surface area contributed by atoms with E-state index in [0.29, 0.717) is 29.2 Å². The molecule has 0 fully saturated rings. The molecule has 0 aromatic heterocycles. The number of ether oxygens (including phenoxy) is 3. The maximum absolute atomic E-state index is 11.8. The summed E-state index contributed by atoms with van der Waals surface area (Å²) < 4.78 is 17.4. The Morgan fingerprint density at radius 1 is 0.772 bits per heavy atom. The second kappa shape index (κ2) is 17.2. The second-order valence-corrected chi connectivity index (χ2v) is 15.1. The van der Waals surface area contributed by atoms with E-state index in [9.17, 15) is 14.7 Å². The van der Waals surface area contributed by atoms with Gasteiger partial charge in [-0.1, -0.05) is 91.0 Å². The lowest BCUT2D eigenvalue weighted by Gasteiger charge is -2.39. The third-order valence-corrected chi connectivity index (χ3v) is 10.1. The Kier molecular flexibility index (Phi) is 12.1. The van der Waals surface area contributed by atoms with Crippen LogP contribution in [-0.2, 0) is 16.0 Å². The summed E-state index contributed by atoms with van der Waals surface area (Å²) in [5, 5.41) is 13.3. The molecule has 2 aliphatic rings. The third kappa shape index (κ3) is 8.87. The van der Waals surface area contributed by atoms with Crippen LogP contribution in [0, 0.1) is 0 Å². The number of aldehydes is 1. The minimum Gasteiger partial charge on any atom is -0.496 e. The number of nitrogens with zero attached hydrogens (tertiary/aromatic N) is 1. The van der Waals surface area contributed by atoms with Gasteiger partial charge in [-0.25, -0.2) is 4.79 Å². The fourth-order valence-electron chi connectivity index (χ4n) is 7.62. The number of methoxy groups -OCH3 is 2. The summed E-state index contributed by atoms with van der Waals surface area (Å²) in [5.41, 5.74) is 9.26. The van der Waals surface area contributed by atoms with Crippen molar-refractivity contribution in [2.45, 2.75) is 51.3 Å². The number of carbonyl (C=O) groups excluding carboxylic acids is 1. The van der Waals surface area contributed by atoms with Crippen molar-refractivity contribution in [2.75, 3.05) is 31.0 Å². The number of anilines is 2. The van der Waals surface area contributed by atoms with Crippen molar-refractivity contribution in [3.05, 3.63) is 157 Å². The molecule has 0 bridgehead atoms. The maximum Gasteiger partial charge on any atom is 0.412 e. The first-order valence-electron chi connectivity index (χ1n) is 18.9. The molecule has 5 aromatic rings. The molecule has 0 saturated heterocycles. The molecule has 8 heteroatoms. The van der Waals surface area contributed by atoms with E-state index in [1.165, 1.54) is 16.0 Å². The highest BCUT2D eigenvalue weighted by Gasteiger charge is 2.37. The van der Waals surface area contributed by atoms with Crippen LogP contribution in [0.4, 0.5) is 16.2 Å². The van der Waals surface area contributed by atoms with Crippen LogP contribution in [0.2, 0.25) is 0 Å². The fourth-order valence-corrected chi connectivity index (χ4v) is 7.62. The van der Waals surface area contributed by atoms with Gasteiger partial charge in [0, 0.05) is 39.9 Å². The Labute approximate surface area is 335 Å². The van der Waals surface area contributed by atoms with E-state index in [-0.39, 0.29) is 11.6 Å². The average molecular weight is 763 g/mol. The Bertz CT molecular complexity index is 2320. The Balaban J connectivity index is 0.000000199. The van der Waals surface area contributed by atoms with E-state index in [1.54, 1.807) is 40.2 Å². The molecular weight excluding hydrogens is 713 g/mol. The smallest absolute Gasteiger partial charge is 0.412 e. The predicted octanol–water partition coefficient (Wildman–Crippen LogP) is 11.0. The topological polar surface area (TPSA) is 97.3 Å². The summed E-state index contributed by atoms with van der Waals surface area (Å²) in [6, 6.07) is 38.2. The average Bonchev–Trinajstić information content (AvgIpc) is 3.21. The molecule has 7 rings (SSSR count). The van der Waals surface area contributed by atoms with Crippen LogP contribution in [0.1, 0.15) is 44.4 Å². The van der Waals surface area contributed by atoms with Crippen LogP contribution >= 0.6 is 0 Å². The van der Waals surface area contributed by atoms with Gasteiger partial charge in [-0.3, -0.25) is 9.69 Å². The molecule has 292 valence electrons. The van der Waals surface area contributed by atoms with Crippen molar-refractivity contribution in [1.29, 1.82) is 0 Å². The number of allylic oxidation sites excluding steroid dienone is 1. The van der Waals surface area contributed by atoms with Crippen molar-refractivity contribution in [3.8, 4) is 33.8 Å². The van der Waals surface area contributed by atoms with Crippen molar-refractivity contribution in [2.24, 2.45) is 0 Å². The molecule has 2 heterocycles. The van der Waals surface area contributed by atoms with Crippen molar-refractivity contribution in [1.82, 2.24) is 0 Å². The van der Waals surface area contributed by atoms with E-state index in [1.807, 2.05) is 66.7 Å². The minimum absolute atomic E-state index is 0.0801. The molecule has 5 aromatic carbocycles. The lowest BCUT2D eigenvalue weighted by atomic mass is 9.84. The summed E-state index contributed by atoms with van der Waals surface area (Å²) in [5.74, 6) is 1.58. The number of fused-ring (bicyclic) bond motifs is 2. The second-order valence-electron chi connectivity index (χ2n) is 15.1. The van der Waals surface area contributed by atoms with Gasteiger partial charge in [0.1, 0.15) is 17.8 Å². The molecule has 1 unspecified atom stereocenters. The Morgan fingerprint density at radius 3 is 1.93 bits per heavy atom. The normalized spacial score (nSPS) is 15.2. The van der Waals surface area contributed by atoms with Gasteiger partial charge in [-0.2, -0.15) is 0 Å². The molecule has 0 radical (unpaired) electrons. The molecule has 0 saturated carbocycles. The highest BCUT2D eigenvalue weighted by Crippen LogP contribution is 2.43. The number of rotatable bonds is 11. The molecule has 1 amide bonds. The summed E-state index contributed by atoms with van der Waals surface area (Å²) in [4.78, 5) is 24.6. The Morgan fingerprint density at radius 2 is 1.35 bits per heavy atom. The van der Waals surface area contributed by atoms with Gasteiger partial charge in [0.05, 0.1) is 43.7 Å². The van der Waals surface area contributed by atoms with E-state index < -0.39 is 11.6 Å². The van der Waals surface area contributed by atoms with Crippen LogP contribution in [0.5, 0.6) is 11.5 Å². The van der Waals surface area contributed by atoms with Crippen molar-refractivity contribution < 1.29 is 28.9 Å². The molecular formula is C49H50N2O6. The Hall–Kier alpha value is -6.38. The monoisotopic (exact) mass is 762 g/mol. The number of para-hydroxylation sites is 2. The maximum atomic E-state index is 11.8. The molecule has 2 aliphatic heterocycles. The fraction of sp³-hybridized carbons (Fsp3) is 0.224. The van der Waals surface area contributed by atoms with E-state index in [4.69, 9.17) is 14.2 Å². The number of benzene rings is 5. The molecule has 1 atom stereocenters. The quantitative estimate of drug-likeness (QED) is 0.102. The van der Waals surface area contributed by atoms with Crippen LogP contribution in [0.15, 0.2) is 140 Å². The van der Waals surface area contributed by atoms with Crippen molar-refractivity contribution in [3.63, 3.8) is 0 Å².